The van der Waals surface area contributed by atoms with E-state index in [1.807, 2.05) is 6.92 Å². The van der Waals surface area contributed by atoms with Gasteiger partial charge in [-0.1, -0.05) is 25.1 Å². The van der Waals surface area contributed by atoms with Crippen LogP contribution in [-0.4, -0.2) is 0 Å². The maximum atomic E-state index is 14.0. The lowest BCUT2D eigenvalue weighted by Crippen LogP contribution is -2.12. The molecule has 0 aliphatic rings. The predicted molar refractivity (Wildman–Crippen MR) is 74.1 cm³/mol. The zero-order valence-corrected chi connectivity index (χ0v) is 11.4. The molecule has 1 unspecified atom stereocenters. The van der Waals surface area contributed by atoms with E-state index in [-0.39, 0.29) is 17.5 Å². The van der Waals surface area contributed by atoms with Gasteiger partial charge in [-0.3, -0.25) is 0 Å². The zero-order chi connectivity index (χ0) is 14.7. The molecule has 0 saturated carbocycles. The Bertz CT molecular complexity index is 593. The summed E-state index contributed by atoms with van der Waals surface area (Å²) in [5.41, 5.74) is 1.03. The van der Waals surface area contributed by atoms with E-state index < -0.39 is 11.6 Å². The molecule has 2 rings (SSSR count). The molecule has 0 saturated heterocycles. The maximum absolute atomic E-state index is 14.0. The Morgan fingerprint density at radius 3 is 2.25 bits per heavy atom. The van der Waals surface area contributed by atoms with E-state index in [1.165, 1.54) is 24.3 Å². The van der Waals surface area contributed by atoms with Crippen molar-refractivity contribution >= 4 is 5.69 Å². The lowest BCUT2D eigenvalue weighted by atomic mass is 10.0. The van der Waals surface area contributed by atoms with Crippen molar-refractivity contribution in [2.45, 2.75) is 26.3 Å². The number of nitrogens with one attached hydrogen (secondary N) is 1. The van der Waals surface area contributed by atoms with Crippen molar-refractivity contribution < 1.29 is 13.2 Å². The number of anilines is 1. The van der Waals surface area contributed by atoms with Gasteiger partial charge in [0.05, 0.1) is 6.04 Å². The fourth-order valence-electron chi connectivity index (χ4n) is 2.08. The molecule has 2 aromatic carbocycles. The number of hydrogen-bond donors (Lipinski definition) is 1. The van der Waals surface area contributed by atoms with Gasteiger partial charge >= 0.3 is 0 Å². The van der Waals surface area contributed by atoms with Gasteiger partial charge < -0.3 is 5.32 Å². The minimum Gasteiger partial charge on any atom is -0.373 e. The molecule has 1 nitrogen and oxygen atoms in total. The van der Waals surface area contributed by atoms with E-state index in [2.05, 4.69) is 5.32 Å². The number of halogens is 3. The normalized spacial score (nSPS) is 12.2. The Labute approximate surface area is 116 Å². The molecule has 0 radical (unpaired) electrons. The van der Waals surface area contributed by atoms with Crippen molar-refractivity contribution in [2.75, 3.05) is 5.32 Å². The van der Waals surface area contributed by atoms with Crippen molar-refractivity contribution in [3.8, 4) is 0 Å². The van der Waals surface area contributed by atoms with Crippen molar-refractivity contribution in [3.63, 3.8) is 0 Å². The first kappa shape index (κ1) is 14.4. The number of aryl methyl sites for hydroxylation is 1. The summed E-state index contributed by atoms with van der Waals surface area (Å²) in [6, 6.07) is 8.25. The van der Waals surface area contributed by atoms with Gasteiger partial charge in [0.15, 0.2) is 5.82 Å². The van der Waals surface area contributed by atoms with Crippen LogP contribution in [0.4, 0.5) is 18.9 Å². The monoisotopic (exact) mass is 279 g/mol. The van der Waals surface area contributed by atoms with Gasteiger partial charge in [-0.25, -0.2) is 13.2 Å². The van der Waals surface area contributed by atoms with E-state index in [0.29, 0.717) is 12.0 Å². The highest BCUT2D eigenvalue weighted by Crippen LogP contribution is 2.28. The molecule has 0 fully saturated rings. The molecule has 1 atom stereocenters. The van der Waals surface area contributed by atoms with Gasteiger partial charge in [-0.2, -0.15) is 0 Å². The van der Waals surface area contributed by atoms with Crippen LogP contribution in [-0.2, 0) is 0 Å². The highest BCUT2D eigenvalue weighted by atomic mass is 19.1. The molecule has 4 heteroatoms. The number of hydrogen-bond acceptors (Lipinski definition) is 1. The summed E-state index contributed by atoms with van der Waals surface area (Å²) in [6.45, 7) is 3.48. The maximum Gasteiger partial charge on any atom is 0.152 e. The van der Waals surface area contributed by atoms with Gasteiger partial charge in [0.1, 0.15) is 17.3 Å². The van der Waals surface area contributed by atoms with Gasteiger partial charge in [-0.05, 0) is 42.7 Å². The molecule has 0 bridgehead atoms. The Balaban J connectivity index is 2.31. The summed E-state index contributed by atoms with van der Waals surface area (Å²) >= 11 is 0. The van der Waals surface area contributed by atoms with Crippen LogP contribution in [0.2, 0.25) is 0 Å². The minimum atomic E-state index is -0.631. The summed E-state index contributed by atoms with van der Waals surface area (Å²) < 4.78 is 40.6. The molecule has 20 heavy (non-hydrogen) atoms. The molecule has 0 aromatic heterocycles. The third-order valence-corrected chi connectivity index (χ3v) is 3.28. The van der Waals surface area contributed by atoms with Crippen LogP contribution in [0.25, 0.3) is 0 Å². The summed E-state index contributed by atoms with van der Waals surface area (Å²) in [7, 11) is 0. The van der Waals surface area contributed by atoms with Crippen LogP contribution in [0.1, 0.15) is 30.5 Å². The van der Waals surface area contributed by atoms with Crippen molar-refractivity contribution in [2.24, 2.45) is 0 Å². The van der Waals surface area contributed by atoms with E-state index >= 15 is 0 Å². The third-order valence-electron chi connectivity index (χ3n) is 3.28. The lowest BCUT2D eigenvalue weighted by molar-refractivity contribution is 0.575. The first-order valence-corrected chi connectivity index (χ1v) is 6.49. The van der Waals surface area contributed by atoms with Gasteiger partial charge in [0.2, 0.25) is 0 Å². The third kappa shape index (κ3) is 2.95. The summed E-state index contributed by atoms with van der Waals surface area (Å²) in [5, 5.41) is 2.87. The SMILES string of the molecule is CCC(Nc1c(F)ccc(C)c1F)c1ccc(F)cc1. The average Bonchev–Trinajstić information content (AvgIpc) is 2.45. The fraction of sp³-hybridized carbons (Fsp3) is 0.250. The van der Waals surface area contributed by atoms with Crippen LogP contribution in [0.3, 0.4) is 0 Å². The first-order valence-electron chi connectivity index (χ1n) is 6.49. The standard InChI is InChI=1S/C16H16F3N/c1-3-14(11-5-7-12(17)8-6-11)20-16-13(18)9-4-10(2)15(16)19/h4-9,14,20H,3H2,1-2H3. The summed E-state index contributed by atoms with van der Waals surface area (Å²) in [6.07, 6.45) is 0.623. The molecule has 0 aliphatic heterocycles. The zero-order valence-electron chi connectivity index (χ0n) is 11.4. The highest BCUT2D eigenvalue weighted by Gasteiger charge is 2.16. The van der Waals surface area contributed by atoms with Crippen LogP contribution in [0, 0.1) is 24.4 Å². The topological polar surface area (TPSA) is 12.0 Å². The van der Waals surface area contributed by atoms with E-state index in [9.17, 15) is 13.2 Å². The molecule has 106 valence electrons. The summed E-state index contributed by atoms with van der Waals surface area (Å²) in [5.74, 6) is -1.56. The largest absolute Gasteiger partial charge is 0.373 e. The Morgan fingerprint density at radius 1 is 1.00 bits per heavy atom. The van der Waals surface area contributed by atoms with Crippen molar-refractivity contribution in [3.05, 3.63) is 65.0 Å². The second-order valence-corrected chi connectivity index (χ2v) is 4.71. The molecule has 1 N–H and O–H groups in total. The predicted octanol–water partition coefficient (Wildman–Crippen LogP) is 4.98. The molecule has 0 amide bonds. The second kappa shape index (κ2) is 5.99. The van der Waals surface area contributed by atoms with E-state index in [4.69, 9.17) is 0 Å². The molecular weight excluding hydrogens is 263 g/mol. The number of rotatable bonds is 4. The molecule has 0 aliphatic carbocycles. The van der Waals surface area contributed by atoms with Crippen LogP contribution in [0.5, 0.6) is 0 Å². The quantitative estimate of drug-likeness (QED) is 0.832. The van der Waals surface area contributed by atoms with Gasteiger partial charge in [-0.15, -0.1) is 0 Å². The Morgan fingerprint density at radius 2 is 1.65 bits per heavy atom. The second-order valence-electron chi connectivity index (χ2n) is 4.71. The molecular formula is C16H16F3N. The summed E-state index contributed by atoms with van der Waals surface area (Å²) in [4.78, 5) is 0. The van der Waals surface area contributed by atoms with Crippen molar-refractivity contribution in [1.82, 2.24) is 0 Å². The Kier molecular flexibility index (Phi) is 4.32. The van der Waals surface area contributed by atoms with Crippen LogP contribution >= 0.6 is 0 Å². The van der Waals surface area contributed by atoms with Crippen LogP contribution < -0.4 is 5.32 Å². The van der Waals surface area contributed by atoms with Gasteiger partial charge in [0.25, 0.3) is 0 Å². The average molecular weight is 279 g/mol. The smallest absolute Gasteiger partial charge is 0.152 e. The lowest BCUT2D eigenvalue weighted by Gasteiger charge is -2.20. The van der Waals surface area contributed by atoms with Crippen LogP contribution in [0.15, 0.2) is 36.4 Å². The Hall–Kier alpha value is -1.97. The minimum absolute atomic E-state index is 0.138. The fourth-order valence-corrected chi connectivity index (χ4v) is 2.08. The number of benzene rings is 2. The molecule has 0 heterocycles. The molecule has 2 aromatic rings. The first-order chi connectivity index (χ1) is 9.52. The van der Waals surface area contributed by atoms with E-state index in [0.717, 1.165) is 5.56 Å². The van der Waals surface area contributed by atoms with Crippen molar-refractivity contribution in [1.29, 1.82) is 0 Å². The van der Waals surface area contributed by atoms with E-state index in [1.54, 1.807) is 19.1 Å². The van der Waals surface area contributed by atoms with Gasteiger partial charge in [0, 0.05) is 0 Å². The highest BCUT2D eigenvalue weighted by molar-refractivity contribution is 5.50. The molecule has 0 spiro atoms.